The normalized spacial score (nSPS) is 11.2. The minimum absolute atomic E-state index is 0.414. The maximum absolute atomic E-state index is 11.0. The summed E-state index contributed by atoms with van der Waals surface area (Å²) in [6.07, 6.45) is 1.42. The van der Waals surface area contributed by atoms with Gasteiger partial charge in [0.25, 0.3) is 10.2 Å². The highest BCUT2D eigenvalue weighted by molar-refractivity contribution is 9.10. The van der Waals surface area contributed by atoms with Gasteiger partial charge in [-0.25, -0.2) is 9.71 Å². The van der Waals surface area contributed by atoms with Crippen molar-refractivity contribution in [1.29, 1.82) is 0 Å². The van der Waals surface area contributed by atoms with Crippen molar-refractivity contribution in [2.45, 2.75) is 0 Å². The molecule has 0 aliphatic carbocycles. The zero-order chi connectivity index (χ0) is 9.90. The SMILES string of the molecule is CNS(=O)(=O)Nc1ccc(Br)nc1. The Hall–Kier alpha value is -0.660. The van der Waals surface area contributed by atoms with Crippen molar-refractivity contribution >= 4 is 31.8 Å². The van der Waals surface area contributed by atoms with Crippen molar-refractivity contribution in [3.05, 3.63) is 22.9 Å². The van der Waals surface area contributed by atoms with Gasteiger partial charge in [-0.3, -0.25) is 4.72 Å². The van der Waals surface area contributed by atoms with Crippen LogP contribution >= 0.6 is 15.9 Å². The van der Waals surface area contributed by atoms with Crippen LogP contribution in [-0.2, 0) is 10.2 Å². The minimum Gasteiger partial charge on any atom is -0.270 e. The fraction of sp³-hybridized carbons (Fsp3) is 0.167. The van der Waals surface area contributed by atoms with Gasteiger partial charge in [0, 0.05) is 7.05 Å². The molecule has 0 saturated heterocycles. The van der Waals surface area contributed by atoms with Crippen LogP contribution < -0.4 is 9.44 Å². The molecule has 7 heteroatoms. The van der Waals surface area contributed by atoms with E-state index in [1.54, 1.807) is 12.1 Å². The summed E-state index contributed by atoms with van der Waals surface area (Å²) in [5, 5.41) is 0. The van der Waals surface area contributed by atoms with Gasteiger partial charge in [0.2, 0.25) is 0 Å². The molecule has 0 radical (unpaired) electrons. The zero-order valence-electron chi connectivity index (χ0n) is 6.78. The van der Waals surface area contributed by atoms with Crippen LogP contribution in [0.15, 0.2) is 22.9 Å². The summed E-state index contributed by atoms with van der Waals surface area (Å²) in [4.78, 5) is 3.86. The summed E-state index contributed by atoms with van der Waals surface area (Å²) >= 11 is 3.14. The Morgan fingerprint density at radius 1 is 1.46 bits per heavy atom. The maximum atomic E-state index is 11.0. The Balaban J connectivity index is 2.82. The van der Waals surface area contributed by atoms with Crippen molar-refractivity contribution in [2.75, 3.05) is 11.8 Å². The molecular weight excluding hydrogens is 258 g/mol. The second kappa shape index (κ2) is 4.03. The maximum Gasteiger partial charge on any atom is 0.298 e. The summed E-state index contributed by atoms with van der Waals surface area (Å²) in [6, 6.07) is 3.25. The van der Waals surface area contributed by atoms with Gasteiger partial charge in [0.1, 0.15) is 4.60 Å². The quantitative estimate of drug-likeness (QED) is 0.792. The smallest absolute Gasteiger partial charge is 0.270 e. The van der Waals surface area contributed by atoms with E-state index in [4.69, 9.17) is 0 Å². The highest BCUT2D eigenvalue weighted by Crippen LogP contribution is 2.10. The molecule has 0 aliphatic rings. The predicted octanol–water partition coefficient (Wildman–Crippen LogP) is 0.720. The van der Waals surface area contributed by atoms with Crippen molar-refractivity contribution in [3.63, 3.8) is 0 Å². The standard InChI is InChI=1S/C6H8BrN3O2S/c1-8-13(11,12)10-5-2-3-6(7)9-4-5/h2-4,8,10H,1H3. The van der Waals surface area contributed by atoms with Crippen molar-refractivity contribution in [1.82, 2.24) is 9.71 Å². The third-order valence-electron chi connectivity index (χ3n) is 1.25. The van der Waals surface area contributed by atoms with Crippen LogP contribution in [0, 0.1) is 0 Å². The fourth-order valence-electron chi connectivity index (χ4n) is 0.642. The van der Waals surface area contributed by atoms with Gasteiger partial charge in [-0.2, -0.15) is 8.42 Å². The van der Waals surface area contributed by atoms with Gasteiger partial charge in [0.15, 0.2) is 0 Å². The van der Waals surface area contributed by atoms with Gasteiger partial charge in [-0.05, 0) is 28.1 Å². The highest BCUT2D eigenvalue weighted by Gasteiger charge is 2.05. The van der Waals surface area contributed by atoms with Crippen molar-refractivity contribution in [2.24, 2.45) is 0 Å². The lowest BCUT2D eigenvalue weighted by atomic mass is 10.4. The Labute approximate surface area is 84.9 Å². The Morgan fingerprint density at radius 2 is 2.15 bits per heavy atom. The van der Waals surface area contributed by atoms with E-state index in [9.17, 15) is 8.42 Å². The van der Waals surface area contributed by atoms with Crippen LogP contribution in [0.5, 0.6) is 0 Å². The van der Waals surface area contributed by atoms with Crippen LogP contribution in [-0.4, -0.2) is 20.4 Å². The van der Waals surface area contributed by atoms with Crippen LogP contribution in [0.2, 0.25) is 0 Å². The van der Waals surface area contributed by atoms with Gasteiger partial charge in [-0.1, -0.05) is 0 Å². The number of pyridine rings is 1. The van der Waals surface area contributed by atoms with Crippen LogP contribution in [0.4, 0.5) is 5.69 Å². The summed E-state index contributed by atoms with van der Waals surface area (Å²) in [7, 11) is -2.11. The predicted molar refractivity (Wildman–Crippen MR) is 53.5 cm³/mol. The largest absolute Gasteiger partial charge is 0.298 e. The first-order valence-corrected chi connectivity index (χ1v) is 5.64. The Kier molecular flexibility index (Phi) is 3.23. The lowest BCUT2D eigenvalue weighted by Crippen LogP contribution is -2.26. The number of hydrogen-bond acceptors (Lipinski definition) is 3. The molecule has 0 amide bonds. The molecule has 0 saturated carbocycles. The van der Waals surface area contributed by atoms with E-state index in [-0.39, 0.29) is 0 Å². The minimum atomic E-state index is -3.44. The van der Waals surface area contributed by atoms with Gasteiger partial charge < -0.3 is 0 Å². The van der Waals surface area contributed by atoms with E-state index in [0.29, 0.717) is 10.3 Å². The second-order valence-corrected chi connectivity index (χ2v) is 4.61. The average Bonchev–Trinajstić information content (AvgIpc) is 2.09. The number of hydrogen-bond donors (Lipinski definition) is 2. The molecule has 1 aromatic rings. The molecule has 72 valence electrons. The van der Waals surface area contributed by atoms with E-state index in [2.05, 4.69) is 30.4 Å². The summed E-state index contributed by atoms with van der Waals surface area (Å²) in [5.41, 5.74) is 0.414. The molecule has 0 spiro atoms. The van der Waals surface area contributed by atoms with Gasteiger partial charge in [0.05, 0.1) is 11.9 Å². The highest BCUT2D eigenvalue weighted by atomic mass is 79.9. The molecule has 0 atom stereocenters. The Morgan fingerprint density at radius 3 is 2.62 bits per heavy atom. The van der Waals surface area contributed by atoms with E-state index in [0.717, 1.165) is 0 Å². The van der Waals surface area contributed by atoms with Crippen LogP contribution in [0.25, 0.3) is 0 Å². The fourth-order valence-corrected chi connectivity index (χ4v) is 1.41. The molecule has 1 rings (SSSR count). The van der Waals surface area contributed by atoms with Crippen LogP contribution in [0.3, 0.4) is 0 Å². The van der Waals surface area contributed by atoms with E-state index < -0.39 is 10.2 Å². The van der Waals surface area contributed by atoms with Gasteiger partial charge in [-0.15, -0.1) is 0 Å². The molecule has 0 bridgehead atoms. The van der Waals surface area contributed by atoms with E-state index in [1.807, 2.05) is 0 Å². The Bertz CT molecular complexity index is 375. The second-order valence-electron chi connectivity index (χ2n) is 2.18. The molecule has 0 aliphatic heterocycles. The third-order valence-corrected chi connectivity index (χ3v) is 2.76. The topological polar surface area (TPSA) is 71.1 Å². The molecule has 13 heavy (non-hydrogen) atoms. The summed E-state index contributed by atoms with van der Waals surface area (Å²) < 4.78 is 27.0. The van der Waals surface area contributed by atoms with Crippen molar-refractivity contribution in [3.8, 4) is 0 Å². The molecule has 5 nitrogen and oxygen atoms in total. The first-order chi connectivity index (χ1) is 6.03. The zero-order valence-corrected chi connectivity index (χ0v) is 9.18. The van der Waals surface area contributed by atoms with E-state index in [1.165, 1.54) is 13.2 Å². The molecule has 0 fully saturated rings. The lowest BCUT2D eigenvalue weighted by molar-refractivity contribution is 0.593. The number of anilines is 1. The number of halogens is 1. The molecule has 0 aromatic carbocycles. The van der Waals surface area contributed by atoms with E-state index >= 15 is 0 Å². The van der Waals surface area contributed by atoms with Crippen LogP contribution in [0.1, 0.15) is 0 Å². The summed E-state index contributed by atoms with van der Waals surface area (Å²) in [6.45, 7) is 0. The summed E-state index contributed by atoms with van der Waals surface area (Å²) in [5.74, 6) is 0. The number of nitrogens with zero attached hydrogens (tertiary/aromatic N) is 1. The first kappa shape index (κ1) is 10.4. The van der Waals surface area contributed by atoms with Gasteiger partial charge >= 0.3 is 0 Å². The average molecular weight is 266 g/mol. The molecule has 1 heterocycles. The number of rotatable bonds is 3. The first-order valence-electron chi connectivity index (χ1n) is 3.36. The molecule has 1 aromatic heterocycles. The molecular formula is C6H8BrN3O2S. The lowest BCUT2D eigenvalue weighted by Gasteiger charge is -2.04. The monoisotopic (exact) mass is 265 g/mol. The molecule has 0 unspecified atom stereocenters. The number of aromatic nitrogens is 1. The third kappa shape index (κ3) is 3.29. The molecule has 2 N–H and O–H groups in total. The van der Waals surface area contributed by atoms with Crippen molar-refractivity contribution < 1.29 is 8.42 Å². The number of nitrogens with one attached hydrogen (secondary N) is 2.